The van der Waals surface area contributed by atoms with E-state index < -0.39 is 5.00 Å². The molecule has 0 aromatic heterocycles. The number of hydrogen-bond donors (Lipinski definition) is 1. The molecular formula is C9H11Cl2NO2. The molecule has 0 aromatic rings. The van der Waals surface area contributed by atoms with Crippen LogP contribution in [0.1, 0.15) is 6.42 Å². The van der Waals surface area contributed by atoms with E-state index in [1.54, 1.807) is 0 Å². The molecule has 0 unspecified atom stereocenters. The van der Waals surface area contributed by atoms with Crippen molar-refractivity contribution in [3.05, 3.63) is 0 Å². The van der Waals surface area contributed by atoms with Gasteiger partial charge in [0.05, 0.1) is 18.6 Å². The fourth-order valence-corrected chi connectivity index (χ4v) is 3.84. The highest BCUT2D eigenvalue weighted by atomic mass is 35.5. The third-order valence-electron chi connectivity index (χ3n) is 3.62. The maximum atomic E-state index is 11.7. The van der Waals surface area contributed by atoms with Crippen molar-refractivity contribution in [3.8, 4) is 0 Å². The summed E-state index contributed by atoms with van der Waals surface area (Å²) >= 11 is 12.6. The molecule has 4 rings (SSSR count). The van der Waals surface area contributed by atoms with Gasteiger partial charge in [-0.05, 0) is 12.3 Å². The first-order valence-corrected chi connectivity index (χ1v) is 5.66. The molecule has 1 N–H and O–H groups in total. The number of hydrogen-bond acceptors (Lipinski definition) is 2. The minimum atomic E-state index is -0.730. The van der Waals surface area contributed by atoms with Crippen molar-refractivity contribution in [2.24, 2.45) is 17.8 Å². The molecule has 1 amide bonds. The number of piperidine rings is 2. The van der Waals surface area contributed by atoms with Gasteiger partial charge in [-0.25, -0.2) is 0 Å². The van der Waals surface area contributed by atoms with Gasteiger partial charge < -0.3 is 10.1 Å². The lowest BCUT2D eigenvalue weighted by molar-refractivity contribution is -0.153. The van der Waals surface area contributed by atoms with E-state index in [1.165, 1.54) is 0 Å². The van der Waals surface area contributed by atoms with Crippen molar-refractivity contribution in [2.75, 3.05) is 13.2 Å². The van der Waals surface area contributed by atoms with E-state index in [1.807, 2.05) is 0 Å². The number of carbonyl (C=O) groups is 1. The van der Waals surface area contributed by atoms with Gasteiger partial charge in [-0.2, -0.15) is 0 Å². The molecule has 0 spiro atoms. The highest BCUT2D eigenvalue weighted by Crippen LogP contribution is 2.51. The summed E-state index contributed by atoms with van der Waals surface area (Å²) in [5.74, 6) is 0.429. The number of amides is 1. The maximum absolute atomic E-state index is 11.7. The van der Waals surface area contributed by atoms with Crippen LogP contribution in [0.5, 0.6) is 0 Å². The fourth-order valence-electron chi connectivity index (χ4n) is 3.01. The van der Waals surface area contributed by atoms with E-state index in [0.717, 1.165) is 6.42 Å². The number of nitrogens with one attached hydrogen (secondary N) is 1. The van der Waals surface area contributed by atoms with Gasteiger partial charge in [0.15, 0.2) is 0 Å². The van der Waals surface area contributed by atoms with Crippen molar-refractivity contribution >= 4 is 29.1 Å². The molecule has 1 saturated carbocycles. The summed E-state index contributed by atoms with van der Waals surface area (Å²) in [6, 6.07) is 0. The first-order valence-electron chi connectivity index (χ1n) is 4.84. The normalized spacial score (nSPS) is 55.7. The molecule has 3 nitrogen and oxygen atoms in total. The predicted molar refractivity (Wildman–Crippen MR) is 52.3 cm³/mol. The third-order valence-corrected chi connectivity index (χ3v) is 4.91. The fraction of sp³-hybridized carbons (Fsp3) is 0.889. The van der Waals surface area contributed by atoms with Crippen LogP contribution in [0.4, 0.5) is 0 Å². The third kappa shape index (κ3) is 1.01. The molecule has 3 saturated heterocycles. The number of fused-ring (bicyclic) bond motifs is 1. The molecule has 3 aliphatic heterocycles. The van der Waals surface area contributed by atoms with Crippen molar-refractivity contribution in [2.45, 2.75) is 16.8 Å². The van der Waals surface area contributed by atoms with E-state index >= 15 is 0 Å². The molecule has 14 heavy (non-hydrogen) atoms. The summed E-state index contributed by atoms with van der Waals surface area (Å²) in [5, 5.41) is 2.60. The lowest BCUT2D eigenvalue weighted by Crippen LogP contribution is -2.71. The molecule has 1 aliphatic carbocycles. The van der Waals surface area contributed by atoms with Gasteiger partial charge in [0.1, 0.15) is 5.00 Å². The molecular weight excluding hydrogens is 225 g/mol. The summed E-state index contributed by atoms with van der Waals surface area (Å²) in [6.07, 6.45) is 0.732. The monoisotopic (exact) mass is 235 g/mol. The average molecular weight is 236 g/mol. The number of alkyl halides is 2. The Morgan fingerprint density at radius 2 is 2.29 bits per heavy atom. The van der Waals surface area contributed by atoms with Crippen LogP contribution in [-0.2, 0) is 9.53 Å². The molecule has 4 bridgehead atoms. The highest BCUT2D eigenvalue weighted by Gasteiger charge is 2.61. The zero-order valence-corrected chi connectivity index (χ0v) is 9.02. The standard InChI is InChI=1S/C9H11Cl2NO2/c10-7-5-3-14-2-4-1-9(7,11)12-8(13)6(4)5/h4-7H,1-3H2,(H,12,13)/t4-,5+,6-,7-,9+/m1/s1. The summed E-state index contributed by atoms with van der Waals surface area (Å²) < 4.78 is 5.43. The van der Waals surface area contributed by atoms with Crippen molar-refractivity contribution in [1.82, 2.24) is 5.32 Å². The number of rotatable bonds is 0. The smallest absolute Gasteiger partial charge is 0.225 e. The van der Waals surface area contributed by atoms with Crippen LogP contribution in [0.15, 0.2) is 0 Å². The SMILES string of the molecule is O=C1N[C@@]2(Cl)C[C@@H]3COC[C@@H]([C@H]13)[C@H]2Cl. The molecule has 3 heterocycles. The van der Waals surface area contributed by atoms with Gasteiger partial charge in [-0.1, -0.05) is 11.6 Å². The zero-order chi connectivity index (χ0) is 9.92. The predicted octanol–water partition coefficient (Wildman–Crippen LogP) is 0.941. The number of carbonyl (C=O) groups excluding carboxylic acids is 1. The van der Waals surface area contributed by atoms with Crippen LogP contribution in [0.25, 0.3) is 0 Å². The molecule has 0 aromatic carbocycles. The summed E-state index contributed by atoms with van der Waals surface area (Å²) in [6.45, 7) is 1.21. The minimum absolute atomic E-state index is 0.0203. The molecule has 5 atom stereocenters. The van der Waals surface area contributed by atoms with Crippen LogP contribution < -0.4 is 5.32 Å². The Kier molecular flexibility index (Phi) is 1.83. The summed E-state index contributed by atoms with van der Waals surface area (Å²) in [5.41, 5.74) is 0. The van der Waals surface area contributed by atoms with Crippen LogP contribution in [-0.4, -0.2) is 29.5 Å². The van der Waals surface area contributed by atoms with Crippen LogP contribution in [0.3, 0.4) is 0 Å². The average Bonchev–Trinajstić information content (AvgIpc) is 2.13. The summed E-state index contributed by atoms with van der Waals surface area (Å²) in [4.78, 5) is 11.0. The summed E-state index contributed by atoms with van der Waals surface area (Å²) in [7, 11) is 0. The second-order valence-electron chi connectivity index (χ2n) is 4.44. The largest absolute Gasteiger partial charge is 0.381 e. The van der Waals surface area contributed by atoms with Gasteiger partial charge in [0.25, 0.3) is 0 Å². The van der Waals surface area contributed by atoms with Gasteiger partial charge >= 0.3 is 0 Å². The van der Waals surface area contributed by atoms with Crippen molar-refractivity contribution < 1.29 is 9.53 Å². The van der Waals surface area contributed by atoms with Gasteiger partial charge in [-0.15, -0.1) is 11.6 Å². The topological polar surface area (TPSA) is 38.3 Å². The van der Waals surface area contributed by atoms with E-state index in [2.05, 4.69) is 5.32 Å². The van der Waals surface area contributed by atoms with Crippen molar-refractivity contribution in [1.29, 1.82) is 0 Å². The lowest BCUT2D eigenvalue weighted by Gasteiger charge is -2.56. The van der Waals surface area contributed by atoms with E-state index in [9.17, 15) is 4.79 Å². The van der Waals surface area contributed by atoms with E-state index in [-0.39, 0.29) is 29.0 Å². The molecule has 78 valence electrons. The number of halogens is 2. The Balaban J connectivity index is 2.03. The van der Waals surface area contributed by atoms with Crippen LogP contribution in [0.2, 0.25) is 0 Å². The van der Waals surface area contributed by atoms with Gasteiger partial charge in [0.2, 0.25) is 5.91 Å². The Labute approximate surface area is 92.1 Å². The Morgan fingerprint density at radius 1 is 1.50 bits per heavy atom. The maximum Gasteiger partial charge on any atom is 0.225 e. The molecule has 4 fully saturated rings. The lowest BCUT2D eigenvalue weighted by atomic mass is 9.65. The van der Waals surface area contributed by atoms with E-state index in [4.69, 9.17) is 27.9 Å². The zero-order valence-electron chi connectivity index (χ0n) is 7.50. The Hall–Kier alpha value is 0.01000. The Morgan fingerprint density at radius 3 is 3.07 bits per heavy atom. The van der Waals surface area contributed by atoms with Crippen molar-refractivity contribution in [3.63, 3.8) is 0 Å². The number of ether oxygens (including phenoxy) is 1. The molecule has 5 heteroatoms. The van der Waals surface area contributed by atoms with Gasteiger partial charge in [0, 0.05) is 11.8 Å². The quantitative estimate of drug-likeness (QED) is 0.502. The van der Waals surface area contributed by atoms with Crippen LogP contribution >= 0.6 is 23.2 Å². The first kappa shape index (κ1) is 9.25. The highest BCUT2D eigenvalue weighted by molar-refractivity contribution is 6.34. The second kappa shape index (κ2) is 2.77. The molecule has 0 radical (unpaired) electrons. The van der Waals surface area contributed by atoms with Crippen LogP contribution in [0, 0.1) is 17.8 Å². The van der Waals surface area contributed by atoms with Gasteiger partial charge in [-0.3, -0.25) is 4.79 Å². The van der Waals surface area contributed by atoms with E-state index in [0.29, 0.717) is 13.2 Å². The molecule has 4 aliphatic rings. The minimum Gasteiger partial charge on any atom is -0.381 e. The second-order valence-corrected chi connectivity index (χ2v) is 5.59. The first-order chi connectivity index (χ1) is 6.62. The Bertz CT molecular complexity index is 299.